The molecule has 1 aromatic rings. The molecule has 0 spiro atoms. The highest BCUT2D eigenvalue weighted by Crippen LogP contribution is 2.39. The molecule has 0 fully saturated rings. The number of benzene rings is 1. The van der Waals surface area contributed by atoms with Crippen LogP contribution >= 0.6 is 0 Å². The number of fused-ring (bicyclic) bond motifs is 1. The minimum Gasteiger partial charge on any atom is -0.493 e. The van der Waals surface area contributed by atoms with E-state index in [-0.39, 0.29) is 11.7 Å². The number of ether oxygens (including phenoxy) is 1. The average Bonchev–Trinajstić information content (AvgIpc) is 2.28. The first-order valence-corrected chi connectivity index (χ1v) is 7.05. The maximum absolute atomic E-state index is 13.1. The number of nitrogens with two attached hydrogens (primary N) is 1. The molecule has 3 nitrogen and oxygen atoms in total. The van der Waals surface area contributed by atoms with E-state index in [1.54, 1.807) is 6.07 Å². The molecule has 1 aliphatic heterocycles. The van der Waals surface area contributed by atoms with E-state index in [1.165, 1.54) is 12.1 Å². The molecule has 17 heavy (non-hydrogen) atoms. The fourth-order valence-corrected chi connectivity index (χ4v) is 3.12. The summed E-state index contributed by atoms with van der Waals surface area (Å²) in [7, 11) is -1.35. The molecule has 0 aliphatic carbocycles. The van der Waals surface area contributed by atoms with Crippen LogP contribution < -0.4 is 9.88 Å². The van der Waals surface area contributed by atoms with Crippen molar-refractivity contribution in [2.45, 2.75) is 19.3 Å². The molecule has 0 aromatic heterocycles. The molecule has 0 bridgehead atoms. The highest BCUT2D eigenvalue weighted by atomic mass is 32.2. The molecular formula is C12H16FNO2S. The van der Waals surface area contributed by atoms with Crippen molar-refractivity contribution in [3.8, 4) is 5.75 Å². The summed E-state index contributed by atoms with van der Waals surface area (Å²) in [4.78, 5) is 0. The zero-order chi connectivity index (χ0) is 12.4. The first-order valence-electron chi connectivity index (χ1n) is 5.66. The van der Waals surface area contributed by atoms with Crippen LogP contribution in [0.2, 0.25) is 0 Å². The van der Waals surface area contributed by atoms with Gasteiger partial charge in [0.15, 0.2) is 0 Å². The van der Waals surface area contributed by atoms with E-state index in [0.29, 0.717) is 24.0 Å². The van der Waals surface area contributed by atoms with E-state index in [1.807, 2.05) is 0 Å². The van der Waals surface area contributed by atoms with Crippen LogP contribution in [0, 0.1) is 11.7 Å². The lowest BCUT2D eigenvalue weighted by Crippen LogP contribution is -2.30. The number of hydrogen-bond acceptors (Lipinski definition) is 2. The summed E-state index contributed by atoms with van der Waals surface area (Å²) in [6, 6.07) is 4.50. The van der Waals surface area contributed by atoms with Crippen molar-refractivity contribution in [2.24, 2.45) is 11.1 Å². The van der Waals surface area contributed by atoms with Crippen LogP contribution in [0.15, 0.2) is 18.2 Å². The van der Waals surface area contributed by atoms with Gasteiger partial charge in [0.05, 0.1) is 17.6 Å². The summed E-state index contributed by atoms with van der Waals surface area (Å²) in [6.45, 7) is 2.60. The lowest BCUT2D eigenvalue weighted by Gasteiger charge is -2.32. The molecule has 0 saturated carbocycles. The summed E-state index contributed by atoms with van der Waals surface area (Å²) in [5.41, 5.74) is 0.920. The van der Waals surface area contributed by atoms with Crippen molar-refractivity contribution >= 4 is 11.0 Å². The van der Waals surface area contributed by atoms with Crippen molar-refractivity contribution in [3.05, 3.63) is 29.6 Å². The van der Waals surface area contributed by atoms with Crippen molar-refractivity contribution < 1.29 is 13.3 Å². The summed E-state index contributed by atoms with van der Waals surface area (Å²) in [5.74, 6) is 1.03. The monoisotopic (exact) mass is 257 g/mol. The second-order valence-corrected chi connectivity index (χ2v) is 5.41. The Bertz CT molecular complexity index is 439. The van der Waals surface area contributed by atoms with Gasteiger partial charge >= 0.3 is 0 Å². The van der Waals surface area contributed by atoms with Gasteiger partial charge in [0.25, 0.3) is 0 Å². The molecule has 1 aromatic carbocycles. The van der Waals surface area contributed by atoms with Crippen LogP contribution in [0.4, 0.5) is 4.39 Å². The Morgan fingerprint density at radius 1 is 1.59 bits per heavy atom. The number of hydrogen-bond donors (Lipinski definition) is 1. The Kier molecular flexibility index (Phi) is 3.79. The number of rotatable bonds is 3. The minimum atomic E-state index is -1.35. The van der Waals surface area contributed by atoms with Crippen LogP contribution in [-0.2, 0) is 11.0 Å². The Labute approximate surface area is 103 Å². The van der Waals surface area contributed by atoms with Crippen molar-refractivity contribution in [3.63, 3.8) is 0 Å². The maximum atomic E-state index is 13.1. The Morgan fingerprint density at radius 2 is 2.35 bits per heavy atom. The van der Waals surface area contributed by atoms with Gasteiger partial charge in [0, 0.05) is 23.7 Å². The highest BCUT2D eigenvalue weighted by molar-refractivity contribution is 7.82. The van der Waals surface area contributed by atoms with E-state index >= 15 is 0 Å². The second-order valence-electron chi connectivity index (χ2n) is 4.32. The molecule has 0 amide bonds. The van der Waals surface area contributed by atoms with E-state index in [0.717, 1.165) is 12.0 Å². The molecule has 94 valence electrons. The van der Waals surface area contributed by atoms with Crippen LogP contribution in [0.5, 0.6) is 5.75 Å². The van der Waals surface area contributed by atoms with Gasteiger partial charge in [-0.2, -0.15) is 0 Å². The zero-order valence-corrected chi connectivity index (χ0v) is 10.5. The van der Waals surface area contributed by atoms with E-state index in [9.17, 15) is 8.60 Å². The lowest BCUT2D eigenvalue weighted by molar-refractivity contribution is 0.195. The molecule has 1 aliphatic rings. The van der Waals surface area contributed by atoms with E-state index < -0.39 is 11.0 Å². The third kappa shape index (κ3) is 2.66. The van der Waals surface area contributed by atoms with Crippen LogP contribution in [0.1, 0.15) is 24.8 Å². The van der Waals surface area contributed by atoms with Gasteiger partial charge in [-0.05, 0) is 18.1 Å². The quantitative estimate of drug-likeness (QED) is 0.899. The summed E-state index contributed by atoms with van der Waals surface area (Å²) >= 11 is 0. The highest BCUT2D eigenvalue weighted by Gasteiger charge is 2.30. The third-order valence-electron chi connectivity index (χ3n) is 3.27. The van der Waals surface area contributed by atoms with Crippen LogP contribution in [0.25, 0.3) is 0 Å². The second kappa shape index (κ2) is 5.14. The first-order chi connectivity index (χ1) is 8.11. The third-order valence-corrected chi connectivity index (χ3v) is 3.95. The van der Waals surface area contributed by atoms with Gasteiger partial charge < -0.3 is 4.74 Å². The fourth-order valence-electron chi connectivity index (χ4n) is 2.31. The van der Waals surface area contributed by atoms with Crippen molar-refractivity contribution in [2.75, 3.05) is 12.4 Å². The SMILES string of the molecule is CCC1COc2cc(F)ccc2C1CS(N)=O. The summed E-state index contributed by atoms with van der Waals surface area (Å²) in [5, 5.41) is 5.38. The molecule has 3 unspecified atom stereocenters. The van der Waals surface area contributed by atoms with Crippen molar-refractivity contribution in [1.29, 1.82) is 0 Å². The summed E-state index contributed by atoms with van der Waals surface area (Å²) < 4.78 is 29.9. The van der Waals surface area contributed by atoms with Gasteiger partial charge in [-0.1, -0.05) is 13.0 Å². The zero-order valence-electron chi connectivity index (χ0n) is 9.69. The Morgan fingerprint density at radius 3 is 3.00 bits per heavy atom. The van der Waals surface area contributed by atoms with Crippen molar-refractivity contribution in [1.82, 2.24) is 0 Å². The smallest absolute Gasteiger partial charge is 0.126 e. The molecule has 0 radical (unpaired) electrons. The maximum Gasteiger partial charge on any atom is 0.126 e. The largest absolute Gasteiger partial charge is 0.493 e. The van der Waals surface area contributed by atoms with Gasteiger partial charge in [0.2, 0.25) is 0 Å². The molecule has 3 atom stereocenters. The van der Waals surface area contributed by atoms with Gasteiger partial charge in [-0.25, -0.2) is 8.60 Å². The minimum absolute atomic E-state index is 0.0928. The Hall–Kier alpha value is -0.940. The summed E-state index contributed by atoms with van der Waals surface area (Å²) in [6.07, 6.45) is 0.929. The molecule has 0 saturated heterocycles. The topological polar surface area (TPSA) is 52.3 Å². The predicted molar refractivity (Wildman–Crippen MR) is 65.6 cm³/mol. The molecule has 2 N–H and O–H groups in total. The van der Waals surface area contributed by atoms with E-state index in [4.69, 9.17) is 9.88 Å². The van der Waals surface area contributed by atoms with Gasteiger partial charge in [0.1, 0.15) is 11.6 Å². The van der Waals surface area contributed by atoms with Crippen LogP contribution in [0.3, 0.4) is 0 Å². The first kappa shape index (κ1) is 12.5. The van der Waals surface area contributed by atoms with Gasteiger partial charge in [-0.3, -0.25) is 5.14 Å². The lowest BCUT2D eigenvalue weighted by atomic mass is 9.84. The van der Waals surface area contributed by atoms with Crippen LogP contribution in [-0.4, -0.2) is 16.6 Å². The molecule has 2 rings (SSSR count). The Balaban J connectivity index is 2.36. The van der Waals surface area contributed by atoms with Gasteiger partial charge in [-0.15, -0.1) is 0 Å². The molecular weight excluding hydrogens is 241 g/mol. The fraction of sp³-hybridized carbons (Fsp3) is 0.500. The normalized spacial score (nSPS) is 24.9. The number of halogens is 1. The van der Waals surface area contributed by atoms with E-state index in [2.05, 4.69) is 6.92 Å². The predicted octanol–water partition coefficient (Wildman–Crippen LogP) is 1.95. The average molecular weight is 257 g/mol. The molecule has 1 heterocycles. The molecule has 5 heteroatoms. The standard InChI is InChI=1S/C12H16FNO2S/c1-2-8-6-16-12-5-9(13)3-4-10(12)11(8)7-17(14)15/h3-5,8,11H,2,6-7,14H2,1H3.